The van der Waals surface area contributed by atoms with Gasteiger partial charge in [-0.25, -0.2) is 0 Å². The molecule has 0 spiro atoms. The molecule has 0 saturated heterocycles. The van der Waals surface area contributed by atoms with Crippen LogP contribution in [-0.4, -0.2) is 42.7 Å². The van der Waals surface area contributed by atoms with E-state index in [4.69, 9.17) is 5.11 Å². The first-order chi connectivity index (χ1) is 16.4. The van der Waals surface area contributed by atoms with Crippen LogP contribution in [0.4, 0.5) is 0 Å². The van der Waals surface area contributed by atoms with Crippen LogP contribution in [0.1, 0.15) is 168 Å². The summed E-state index contributed by atoms with van der Waals surface area (Å²) in [4.78, 5) is 10.4. The minimum atomic E-state index is -0.651. The zero-order valence-electron chi connectivity index (χ0n) is 26.0. The highest BCUT2D eigenvalue weighted by Crippen LogP contribution is 2.14. The summed E-state index contributed by atoms with van der Waals surface area (Å²) < 4.78 is 1.18. The Balaban J connectivity index is -0.000000224. The molecule has 6 heteroatoms. The lowest BCUT2D eigenvalue weighted by molar-refractivity contribution is -0.888. The molecule has 0 aliphatic carbocycles. The normalized spacial score (nSPS) is 10.4. The van der Waals surface area contributed by atoms with Gasteiger partial charge in [0.1, 0.15) is 0 Å². The Morgan fingerprint density at radius 3 is 1.08 bits per heavy atom. The maximum Gasteiger partial charge on any atom is 0.303 e. The number of hydrogen-bond acceptors (Lipinski definition) is 2. The van der Waals surface area contributed by atoms with Gasteiger partial charge in [0.15, 0.2) is 0 Å². The third-order valence-corrected chi connectivity index (χ3v) is 7.22. The third kappa shape index (κ3) is 46.2. The van der Waals surface area contributed by atoms with E-state index in [9.17, 15) is 4.79 Å². The molecular formula is C31H70Cl2N2O2. The first-order valence-corrected chi connectivity index (χ1v) is 15.4. The van der Waals surface area contributed by atoms with Crippen molar-refractivity contribution >= 4 is 18.4 Å². The summed E-state index contributed by atoms with van der Waals surface area (Å²) in [6, 6.07) is 0. The van der Waals surface area contributed by atoms with E-state index in [-0.39, 0.29) is 31.0 Å². The maximum absolute atomic E-state index is 10.4. The molecule has 0 radical (unpaired) electrons. The fourth-order valence-corrected chi connectivity index (χ4v) is 4.30. The molecule has 0 bridgehead atoms. The Hall–Kier alpha value is -0.0300. The van der Waals surface area contributed by atoms with Gasteiger partial charge in [-0.15, -0.1) is 12.4 Å². The smallest absolute Gasteiger partial charge is 0.303 e. The van der Waals surface area contributed by atoms with Gasteiger partial charge in [-0.3, -0.25) is 4.79 Å². The van der Waals surface area contributed by atoms with Gasteiger partial charge < -0.3 is 28.1 Å². The standard InChI is InChI=1S/C22H44O2.C9H22N.2ClH.H3N/c1-2-3-4-5-6-7-8-9-10-11-12-13-14-15-16-17-18-19-20-21-22(23)24;1-5-7-8-9-10(3,4)6-2;;;/h2-21H2,1H3,(H,23,24);5-9H2,1-4H3;2*1H;1H3/q;+1;;;/p-1. The summed E-state index contributed by atoms with van der Waals surface area (Å²) in [5.74, 6) is -0.651. The molecule has 230 valence electrons. The Bertz CT molecular complexity index is 411. The van der Waals surface area contributed by atoms with E-state index < -0.39 is 5.97 Å². The minimum Gasteiger partial charge on any atom is -1.00 e. The number of aliphatic carboxylic acids is 1. The molecule has 4 nitrogen and oxygen atoms in total. The summed E-state index contributed by atoms with van der Waals surface area (Å²) in [7, 11) is 4.60. The monoisotopic (exact) mass is 572 g/mol. The number of rotatable bonds is 25. The number of carboxylic acid groups (broad SMARTS) is 1. The molecule has 0 rings (SSSR count). The van der Waals surface area contributed by atoms with Gasteiger partial charge in [0.2, 0.25) is 0 Å². The maximum atomic E-state index is 10.4. The zero-order chi connectivity index (χ0) is 25.8. The van der Waals surface area contributed by atoms with Gasteiger partial charge in [-0.2, -0.15) is 0 Å². The molecule has 0 aliphatic heterocycles. The van der Waals surface area contributed by atoms with Crippen LogP contribution in [0.5, 0.6) is 0 Å². The molecule has 0 fully saturated rings. The first kappa shape index (κ1) is 46.8. The number of quaternary nitrogens is 1. The molecule has 0 saturated carbocycles. The van der Waals surface area contributed by atoms with Gasteiger partial charge >= 0.3 is 5.97 Å². The largest absolute Gasteiger partial charge is 1.00 e. The van der Waals surface area contributed by atoms with Gasteiger partial charge in [-0.1, -0.05) is 136 Å². The molecule has 0 aromatic rings. The highest BCUT2D eigenvalue weighted by atomic mass is 35.5. The highest BCUT2D eigenvalue weighted by Gasteiger charge is 2.09. The van der Waals surface area contributed by atoms with Crippen molar-refractivity contribution in [1.82, 2.24) is 6.15 Å². The second kappa shape index (κ2) is 38.1. The van der Waals surface area contributed by atoms with Gasteiger partial charge in [-0.05, 0) is 26.2 Å². The lowest BCUT2D eigenvalue weighted by Gasteiger charge is -2.27. The van der Waals surface area contributed by atoms with Gasteiger partial charge in [0.25, 0.3) is 0 Å². The second-order valence-electron chi connectivity index (χ2n) is 11.2. The van der Waals surface area contributed by atoms with Crippen LogP contribution in [-0.2, 0) is 4.79 Å². The van der Waals surface area contributed by atoms with E-state index in [2.05, 4.69) is 34.9 Å². The molecule has 0 aromatic carbocycles. The summed E-state index contributed by atoms with van der Waals surface area (Å²) in [6.45, 7) is 9.39. The van der Waals surface area contributed by atoms with Crippen molar-refractivity contribution in [3.8, 4) is 0 Å². The third-order valence-electron chi connectivity index (χ3n) is 7.22. The SMILES string of the molecule is CCCCCCCCCCCCCCCCCCCCCC(=O)O.CCCCC[N+](C)(C)CC.Cl.N.[Cl-]. The van der Waals surface area contributed by atoms with E-state index in [1.807, 2.05) is 0 Å². The summed E-state index contributed by atoms with van der Waals surface area (Å²) in [5.41, 5.74) is 0. The van der Waals surface area contributed by atoms with E-state index in [1.54, 1.807) is 0 Å². The Kier molecular flexibility index (Phi) is 48.2. The highest BCUT2D eigenvalue weighted by molar-refractivity contribution is 5.85. The Labute approximate surface area is 246 Å². The van der Waals surface area contributed by atoms with Crippen molar-refractivity contribution < 1.29 is 26.8 Å². The topological polar surface area (TPSA) is 72.3 Å². The zero-order valence-corrected chi connectivity index (χ0v) is 27.5. The van der Waals surface area contributed by atoms with E-state index >= 15 is 0 Å². The summed E-state index contributed by atoms with van der Waals surface area (Å²) in [5, 5.41) is 8.56. The van der Waals surface area contributed by atoms with Crippen LogP contribution < -0.4 is 18.6 Å². The van der Waals surface area contributed by atoms with Crippen molar-refractivity contribution in [2.45, 2.75) is 168 Å². The van der Waals surface area contributed by atoms with Crippen LogP contribution in [0.3, 0.4) is 0 Å². The molecule has 0 aromatic heterocycles. The second-order valence-corrected chi connectivity index (χ2v) is 11.2. The van der Waals surface area contributed by atoms with Crippen LogP contribution in [0.25, 0.3) is 0 Å². The number of hydrogen-bond donors (Lipinski definition) is 2. The Morgan fingerprint density at radius 1 is 0.541 bits per heavy atom. The molecule has 0 atom stereocenters. The summed E-state index contributed by atoms with van der Waals surface area (Å²) in [6.07, 6.45) is 30.2. The van der Waals surface area contributed by atoms with Crippen LogP contribution >= 0.6 is 12.4 Å². The summed E-state index contributed by atoms with van der Waals surface area (Å²) >= 11 is 0. The lowest BCUT2D eigenvalue weighted by atomic mass is 10.0. The van der Waals surface area contributed by atoms with E-state index in [1.165, 1.54) is 146 Å². The van der Waals surface area contributed by atoms with Crippen LogP contribution in [0.2, 0.25) is 0 Å². The van der Waals surface area contributed by atoms with Crippen molar-refractivity contribution in [3.63, 3.8) is 0 Å². The quantitative estimate of drug-likeness (QED) is 0.0866. The van der Waals surface area contributed by atoms with Crippen molar-refractivity contribution in [1.29, 1.82) is 0 Å². The number of carbonyl (C=O) groups is 1. The van der Waals surface area contributed by atoms with Crippen LogP contribution in [0.15, 0.2) is 0 Å². The predicted octanol–water partition coefficient (Wildman–Crippen LogP) is 7.75. The molecule has 0 heterocycles. The van der Waals surface area contributed by atoms with Crippen LogP contribution in [0, 0.1) is 0 Å². The number of nitrogens with zero attached hydrogens (tertiary/aromatic N) is 1. The van der Waals surface area contributed by atoms with Crippen molar-refractivity contribution in [2.24, 2.45) is 0 Å². The fraction of sp³-hybridized carbons (Fsp3) is 0.968. The molecule has 0 aliphatic rings. The average molecular weight is 574 g/mol. The average Bonchev–Trinajstić information content (AvgIpc) is 2.81. The first-order valence-electron chi connectivity index (χ1n) is 15.4. The molecule has 37 heavy (non-hydrogen) atoms. The fourth-order valence-electron chi connectivity index (χ4n) is 4.30. The van der Waals surface area contributed by atoms with E-state index in [0.717, 1.165) is 12.8 Å². The lowest BCUT2D eigenvalue weighted by Crippen LogP contribution is -3.00. The van der Waals surface area contributed by atoms with Crippen molar-refractivity contribution in [3.05, 3.63) is 0 Å². The van der Waals surface area contributed by atoms with Crippen molar-refractivity contribution in [2.75, 3.05) is 27.2 Å². The Morgan fingerprint density at radius 2 is 0.811 bits per heavy atom. The number of unbranched alkanes of at least 4 members (excludes halogenated alkanes) is 20. The molecule has 0 amide bonds. The molecule has 4 N–H and O–H groups in total. The van der Waals surface area contributed by atoms with Gasteiger partial charge in [0.05, 0.1) is 27.2 Å². The van der Waals surface area contributed by atoms with Gasteiger partial charge in [0, 0.05) is 6.42 Å². The molecular weight excluding hydrogens is 503 g/mol. The number of carboxylic acids is 1. The predicted molar refractivity (Wildman–Crippen MR) is 165 cm³/mol. The number of halogens is 2. The van der Waals surface area contributed by atoms with E-state index in [0.29, 0.717) is 6.42 Å². The minimum absolute atomic E-state index is 0. The molecule has 0 unspecified atom stereocenters.